The summed E-state index contributed by atoms with van der Waals surface area (Å²) in [6, 6.07) is 10.4. The van der Waals surface area contributed by atoms with Crippen molar-refractivity contribution < 1.29 is 9.59 Å². The molecule has 2 aliphatic carbocycles. The average molecular weight is 478 g/mol. The Morgan fingerprint density at radius 1 is 1.09 bits per heavy atom. The van der Waals surface area contributed by atoms with Crippen LogP contribution in [0.1, 0.15) is 42.4 Å². The smallest absolute Gasteiger partial charge is 0.270 e. The summed E-state index contributed by atoms with van der Waals surface area (Å²) in [5, 5.41) is 10.8. The van der Waals surface area contributed by atoms with Crippen LogP contribution < -0.4 is 10.6 Å². The number of hydrogen-bond acceptors (Lipinski definition) is 4. The number of anilines is 1. The number of aryl methyl sites for hydroxylation is 2. The maximum absolute atomic E-state index is 13.4. The van der Waals surface area contributed by atoms with E-state index < -0.39 is 6.04 Å². The van der Waals surface area contributed by atoms with Crippen molar-refractivity contribution in [1.29, 1.82) is 0 Å². The van der Waals surface area contributed by atoms with Crippen molar-refractivity contribution in [3.63, 3.8) is 0 Å². The number of amides is 2. The molecule has 2 fully saturated rings. The summed E-state index contributed by atoms with van der Waals surface area (Å²) < 4.78 is 1.64. The molecule has 1 aromatic carbocycles. The van der Waals surface area contributed by atoms with Crippen LogP contribution in [-0.4, -0.2) is 32.6 Å². The van der Waals surface area contributed by atoms with Gasteiger partial charge in [0.1, 0.15) is 11.7 Å². The molecule has 8 heteroatoms. The Balaban J connectivity index is 1.33. The van der Waals surface area contributed by atoms with Crippen LogP contribution in [0.4, 0.5) is 5.69 Å². The van der Waals surface area contributed by atoms with Gasteiger partial charge in [-0.05, 0) is 80.7 Å². The van der Waals surface area contributed by atoms with Crippen LogP contribution >= 0.6 is 11.6 Å². The first-order valence-electron chi connectivity index (χ1n) is 11.8. The SMILES string of the molecule is CCn1nccc1C(=O)N[C@H](C(=O)Nc1ccc(-c2c(Cl)ccnc2C)cc1)C1C[C@@H]2C[C@@H]2C1. The summed E-state index contributed by atoms with van der Waals surface area (Å²) in [4.78, 5) is 30.7. The molecule has 2 saturated carbocycles. The van der Waals surface area contributed by atoms with E-state index >= 15 is 0 Å². The summed E-state index contributed by atoms with van der Waals surface area (Å²) in [5.74, 6) is 1.08. The van der Waals surface area contributed by atoms with Gasteiger partial charge < -0.3 is 10.6 Å². The summed E-state index contributed by atoms with van der Waals surface area (Å²) >= 11 is 6.37. The van der Waals surface area contributed by atoms with E-state index in [1.807, 2.05) is 38.1 Å². The predicted octanol–water partition coefficient (Wildman–Crippen LogP) is 4.71. The second kappa shape index (κ2) is 9.22. The lowest BCUT2D eigenvalue weighted by Gasteiger charge is -2.25. The predicted molar refractivity (Wildman–Crippen MR) is 132 cm³/mol. The third kappa shape index (κ3) is 4.44. The van der Waals surface area contributed by atoms with E-state index in [0.717, 1.165) is 29.7 Å². The van der Waals surface area contributed by atoms with Crippen molar-refractivity contribution in [1.82, 2.24) is 20.1 Å². The fourth-order valence-corrected chi connectivity index (χ4v) is 5.55. The third-order valence-corrected chi connectivity index (χ3v) is 7.41. The molecule has 4 atom stereocenters. The molecule has 2 heterocycles. The molecule has 0 saturated heterocycles. The van der Waals surface area contributed by atoms with Crippen LogP contribution in [0.25, 0.3) is 11.1 Å². The Morgan fingerprint density at radius 3 is 2.50 bits per heavy atom. The van der Waals surface area contributed by atoms with Crippen LogP contribution in [0.5, 0.6) is 0 Å². The Morgan fingerprint density at radius 2 is 1.82 bits per heavy atom. The average Bonchev–Trinajstić information content (AvgIpc) is 3.21. The van der Waals surface area contributed by atoms with Crippen molar-refractivity contribution in [3.05, 3.63) is 65.2 Å². The maximum atomic E-state index is 13.4. The summed E-state index contributed by atoms with van der Waals surface area (Å²) in [7, 11) is 0. The number of carbonyl (C=O) groups excluding carboxylic acids is 2. The Hall–Kier alpha value is -3.19. The molecule has 3 aromatic rings. The molecule has 0 spiro atoms. The zero-order valence-corrected chi connectivity index (χ0v) is 20.0. The first kappa shape index (κ1) is 22.6. The normalized spacial score (nSPS) is 21.6. The summed E-state index contributed by atoms with van der Waals surface area (Å²) in [6.07, 6.45) is 6.50. The van der Waals surface area contributed by atoms with Crippen LogP contribution in [-0.2, 0) is 11.3 Å². The molecule has 0 bridgehead atoms. The van der Waals surface area contributed by atoms with E-state index in [9.17, 15) is 9.59 Å². The number of fused-ring (bicyclic) bond motifs is 1. The van der Waals surface area contributed by atoms with Crippen LogP contribution in [0, 0.1) is 24.7 Å². The van der Waals surface area contributed by atoms with Gasteiger partial charge in [0.2, 0.25) is 5.91 Å². The van der Waals surface area contributed by atoms with Gasteiger partial charge in [-0.15, -0.1) is 0 Å². The number of carbonyl (C=O) groups is 2. The molecule has 1 unspecified atom stereocenters. The zero-order valence-electron chi connectivity index (χ0n) is 19.3. The standard InChI is InChI=1S/C26H28ClN5O2/c1-3-32-22(9-11-29-32)25(33)31-24(19-13-17-12-18(17)14-19)26(34)30-20-6-4-16(5-7-20)23-15(2)28-10-8-21(23)27/h4-11,17-19,24H,3,12-14H2,1-2H3,(H,30,34)(H,31,33)/t17-,18+,19?,24-/m0/s1. The number of halogens is 1. The molecule has 2 N–H and O–H groups in total. The zero-order chi connectivity index (χ0) is 23.8. The number of benzene rings is 1. The molecule has 0 radical (unpaired) electrons. The Kier molecular flexibility index (Phi) is 6.13. The second-order valence-electron chi connectivity index (χ2n) is 9.29. The lowest BCUT2D eigenvalue weighted by Crippen LogP contribution is -2.48. The first-order valence-corrected chi connectivity index (χ1v) is 12.2. The number of aromatic nitrogens is 3. The highest BCUT2D eigenvalue weighted by atomic mass is 35.5. The van der Waals surface area contributed by atoms with Crippen molar-refractivity contribution in [2.75, 3.05) is 5.32 Å². The van der Waals surface area contributed by atoms with Gasteiger partial charge in [0, 0.05) is 35.9 Å². The molecule has 2 aromatic heterocycles. The number of pyridine rings is 1. The fourth-order valence-electron chi connectivity index (χ4n) is 5.25. The Bertz CT molecular complexity index is 1190. The molecular formula is C26H28ClN5O2. The first-order chi connectivity index (χ1) is 16.4. The largest absolute Gasteiger partial charge is 0.339 e. The lowest BCUT2D eigenvalue weighted by molar-refractivity contribution is -0.119. The van der Waals surface area contributed by atoms with Crippen LogP contribution in [0.3, 0.4) is 0 Å². The quantitative estimate of drug-likeness (QED) is 0.515. The minimum absolute atomic E-state index is 0.141. The molecule has 0 aliphatic heterocycles. The van der Waals surface area contributed by atoms with Gasteiger partial charge in [-0.3, -0.25) is 19.3 Å². The number of nitrogens with one attached hydrogen (secondary N) is 2. The molecule has 2 amide bonds. The van der Waals surface area contributed by atoms with Crippen LogP contribution in [0.2, 0.25) is 5.02 Å². The summed E-state index contributed by atoms with van der Waals surface area (Å²) in [6.45, 7) is 4.44. The molecule has 5 rings (SSSR count). The highest BCUT2D eigenvalue weighted by Crippen LogP contribution is 2.55. The van der Waals surface area contributed by atoms with Gasteiger partial charge in [-0.25, -0.2) is 0 Å². The Labute approximate surface area is 203 Å². The van der Waals surface area contributed by atoms with E-state index in [1.165, 1.54) is 6.42 Å². The van der Waals surface area contributed by atoms with Gasteiger partial charge >= 0.3 is 0 Å². The number of nitrogens with zero attached hydrogens (tertiary/aromatic N) is 3. The van der Waals surface area contributed by atoms with E-state index in [-0.39, 0.29) is 17.7 Å². The second-order valence-corrected chi connectivity index (χ2v) is 9.70. The van der Waals surface area contributed by atoms with E-state index in [0.29, 0.717) is 34.8 Å². The minimum Gasteiger partial charge on any atom is -0.339 e. The van der Waals surface area contributed by atoms with Crippen molar-refractivity contribution >= 4 is 29.1 Å². The number of rotatable bonds is 7. The van der Waals surface area contributed by atoms with Crippen molar-refractivity contribution in [3.8, 4) is 11.1 Å². The number of hydrogen-bond donors (Lipinski definition) is 2. The highest BCUT2D eigenvalue weighted by Gasteiger charge is 2.49. The minimum atomic E-state index is -0.588. The highest BCUT2D eigenvalue weighted by molar-refractivity contribution is 6.33. The summed E-state index contributed by atoms with van der Waals surface area (Å²) in [5.41, 5.74) is 3.80. The molecule has 2 aliphatic rings. The van der Waals surface area contributed by atoms with E-state index in [1.54, 1.807) is 29.2 Å². The van der Waals surface area contributed by atoms with Gasteiger partial charge in [-0.2, -0.15) is 5.10 Å². The van der Waals surface area contributed by atoms with Gasteiger partial charge in [0.25, 0.3) is 5.91 Å². The van der Waals surface area contributed by atoms with Gasteiger partial charge in [0.15, 0.2) is 0 Å². The van der Waals surface area contributed by atoms with Crippen molar-refractivity contribution in [2.45, 2.75) is 45.7 Å². The molecule has 34 heavy (non-hydrogen) atoms. The van der Waals surface area contributed by atoms with E-state index in [4.69, 9.17) is 11.6 Å². The monoisotopic (exact) mass is 477 g/mol. The van der Waals surface area contributed by atoms with Gasteiger partial charge in [-0.1, -0.05) is 23.7 Å². The third-order valence-electron chi connectivity index (χ3n) is 7.10. The molecule has 7 nitrogen and oxygen atoms in total. The van der Waals surface area contributed by atoms with Crippen molar-refractivity contribution in [2.24, 2.45) is 17.8 Å². The topological polar surface area (TPSA) is 88.9 Å². The molecule has 176 valence electrons. The van der Waals surface area contributed by atoms with Crippen LogP contribution in [0.15, 0.2) is 48.8 Å². The maximum Gasteiger partial charge on any atom is 0.270 e. The van der Waals surface area contributed by atoms with E-state index in [2.05, 4.69) is 20.7 Å². The lowest BCUT2D eigenvalue weighted by atomic mass is 9.93. The van der Waals surface area contributed by atoms with Gasteiger partial charge in [0.05, 0.1) is 5.02 Å². The molecular weight excluding hydrogens is 450 g/mol. The fraction of sp³-hybridized carbons (Fsp3) is 0.385.